The smallest absolute Gasteiger partial charge is 0.410 e. The first kappa shape index (κ1) is 46.8. The Balaban J connectivity index is 0.000000562. The Morgan fingerprint density at radius 2 is 0.889 bits per heavy atom. The van der Waals surface area contributed by atoms with Crippen molar-refractivity contribution in [2.45, 2.75) is 80.9 Å². The minimum absolute atomic E-state index is 0.000768. The molecule has 0 aromatic heterocycles. The molecular weight excluding hydrogens is 789 g/mol. The van der Waals surface area contributed by atoms with Gasteiger partial charge in [-0.1, -0.05) is 19.8 Å². The lowest BCUT2D eigenvalue weighted by molar-refractivity contribution is 0.0636. The largest absolute Gasteiger partial charge is 0.492 e. The van der Waals surface area contributed by atoms with Crippen molar-refractivity contribution in [3.8, 4) is 0 Å². The lowest BCUT2D eigenvalue weighted by atomic mass is 10.3. The SMILES string of the molecule is CCCCCOCC1CO1.CO[Si](O)(CCOCC1CO1)O[Si](CCOCC1CO1)(OC)O[Si](O)(CCOCC1CO1)O[Si](O)(CO)CCOCC1CO1. The Morgan fingerprint density at radius 1 is 0.500 bits per heavy atom. The normalized spacial score (nSPS) is 28.2. The third kappa shape index (κ3) is 20.7. The van der Waals surface area contributed by atoms with Crippen LogP contribution in [0.5, 0.6) is 0 Å². The van der Waals surface area contributed by atoms with Crippen molar-refractivity contribution < 1.29 is 88.1 Å². The van der Waals surface area contributed by atoms with Crippen LogP contribution >= 0.6 is 0 Å². The maximum absolute atomic E-state index is 11.9. The van der Waals surface area contributed by atoms with E-state index in [1.54, 1.807) is 0 Å². The monoisotopic (exact) mass is 852 g/mol. The summed E-state index contributed by atoms with van der Waals surface area (Å²) in [5, 5.41) is 10.2. The summed E-state index contributed by atoms with van der Waals surface area (Å²) in [6.45, 7) is 8.94. The Kier molecular flexibility index (Phi) is 21.0. The Bertz CT molecular complexity index is 1010. The van der Waals surface area contributed by atoms with Gasteiger partial charge in [-0.3, -0.25) is 0 Å². The number of epoxide rings is 5. The molecule has 0 amide bonds. The predicted molar refractivity (Wildman–Crippen MR) is 196 cm³/mol. The maximum atomic E-state index is 11.9. The Labute approximate surface area is 322 Å². The van der Waals surface area contributed by atoms with Gasteiger partial charge in [-0.05, 0) is 6.42 Å². The van der Waals surface area contributed by atoms with Crippen LogP contribution in [0.3, 0.4) is 0 Å². The van der Waals surface area contributed by atoms with Crippen molar-refractivity contribution in [2.24, 2.45) is 0 Å². The van der Waals surface area contributed by atoms with Crippen LogP contribution in [0.1, 0.15) is 26.2 Å². The fourth-order valence-corrected chi connectivity index (χ4v) is 18.0. The number of hydrogen-bond acceptors (Lipinski definition) is 19. The summed E-state index contributed by atoms with van der Waals surface area (Å²) in [7, 11) is -13.9. The van der Waals surface area contributed by atoms with Gasteiger partial charge >= 0.3 is 35.0 Å². The van der Waals surface area contributed by atoms with E-state index in [0.29, 0.717) is 59.0 Å². The van der Waals surface area contributed by atoms with E-state index >= 15 is 0 Å². The second-order valence-corrected chi connectivity index (χ2v) is 25.5. The molecule has 23 heteroatoms. The molecule has 0 aromatic rings. The molecule has 0 saturated carbocycles. The van der Waals surface area contributed by atoms with Gasteiger partial charge in [0.25, 0.3) is 0 Å². The second kappa shape index (κ2) is 24.3. The second-order valence-electron chi connectivity index (χ2n) is 13.8. The average Bonchev–Trinajstić information content (AvgIpc) is 3.96. The Morgan fingerprint density at radius 3 is 1.28 bits per heavy atom. The first-order valence-corrected chi connectivity index (χ1v) is 27.1. The molecular formula is C31H64O19Si4. The molecule has 4 N–H and O–H groups in total. The van der Waals surface area contributed by atoms with Gasteiger partial charge < -0.3 is 88.1 Å². The number of rotatable bonds is 35. The van der Waals surface area contributed by atoms with Crippen LogP contribution in [0.25, 0.3) is 0 Å². The van der Waals surface area contributed by atoms with Crippen molar-refractivity contribution >= 4 is 35.0 Å². The lowest BCUT2D eigenvalue weighted by Crippen LogP contribution is -2.66. The molecule has 54 heavy (non-hydrogen) atoms. The van der Waals surface area contributed by atoms with Gasteiger partial charge in [-0.2, -0.15) is 0 Å². The van der Waals surface area contributed by atoms with E-state index in [1.807, 2.05) is 0 Å². The number of ether oxygens (including phenoxy) is 10. The summed E-state index contributed by atoms with van der Waals surface area (Å²) in [5.41, 5.74) is 0. The highest BCUT2D eigenvalue weighted by Crippen LogP contribution is 2.30. The van der Waals surface area contributed by atoms with Crippen LogP contribution in [0.4, 0.5) is 0 Å². The van der Waals surface area contributed by atoms with Crippen LogP contribution in [0.15, 0.2) is 0 Å². The summed E-state index contributed by atoms with van der Waals surface area (Å²) in [4.78, 5) is 34.7. The molecule has 5 aliphatic rings. The van der Waals surface area contributed by atoms with Crippen molar-refractivity contribution in [3.63, 3.8) is 0 Å². The lowest BCUT2D eigenvalue weighted by Gasteiger charge is -2.40. The first-order valence-electron chi connectivity index (χ1n) is 19.0. The fourth-order valence-electron chi connectivity index (χ4n) is 4.75. The molecule has 5 rings (SSSR count). The van der Waals surface area contributed by atoms with Crippen molar-refractivity contribution in [1.82, 2.24) is 0 Å². The zero-order valence-corrected chi connectivity index (χ0v) is 36.1. The third-order valence-corrected chi connectivity index (χ3v) is 21.7. The fraction of sp³-hybridized carbons (Fsp3) is 1.00. The molecule has 0 spiro atoms. The van der Waals surface area contributed by atoms with E-state index in [4.69, 9.17) is 68.6 Å². The molecule has 5 heterocycles. The van der Waals surface area contributed by atoms with Crippen molar-refractivity contribution in [1.29, 1.82) is 0 Å². The van der Waals surface area contributed by atoms with E-state index in [1.165, 1.54) is 33.5 Å². The molecule has 0 aliphatic carbocycles. The first-order chi connectivity index (χ1) is 26.0. The van der Waals surface area contributed by atoms with E-state index in [-0.39, 0.29) is 75.0 Å². The van der Waals surface area contributed by atoms with Gasteiger partial charge in [0, 0.05) is 51.6 Å². The topological polar surface area (TPSA) is 236 Å². The molecule has 9 atom stereocenters. The van der Waals surface area contributed by atoms with Gasteiger partial charge in [0.15, 0.2) is 0 Å². The maximum Gasteiger partial charge on any atom is 0.492 e. The van der Waals surface area contributed by atoms with Crippen LogP contribution in [0.2, 0.25) is 24.2 Å². The van der Waals surface area contributed by atoms with Crippen LogP contribution in [-0.2, 0) is 68.6 Å². The molecule has 5 aliphatic heterocycles. The minimum atomic E-state index is -4.47. The van der Waals surface area contributed by atoms with E-state index in [2.05, 4.69) is 6.92 Å². The molecule has 0 radical (unpaired) electrons. The van der Waals surface area contributed by atoms with Crippen LogP contribution < -0.4 is 0 Å². The zero-order chi connectivity index (χ0) is 38.8. The average molecular weight is 853 g/mol. The van der Waals surface area contributed by atoms with Gasteiger partial charge in [0.1, 0.15) is 30.5 Å². The van der Waals surface area contributed by atoms with Crippen LogP contribution in [-0.4, -0.2) is 205 Å². The third-order valence-electron chi connectivity index (χ3n) is 8.59. The quantitative estimate of drug-likeness (QED) is 0.0352. The Hall–Kier alpha value is 0.108. The number of aliphatic hydroxyl groups excluding tert-OH is 1. The number of unbranched alkanes of at least 4 members (excludes halogenated alkanes) is 2. The van der Waals surface area contributed by atoms with Crippen molar-refractivity contribution in [3.05, 3.63) is 0 Å². The molecule has 5 saturated heterocycles. The predicted octanol–water partition coefficient (Wildman–Crippen LogP) is -0.650. The van der Waals surface area contributed by atoms with Crippen molar-refractivity contribution in [2.75, 3.05) is 120 Å². The van der Waals surface area contributed by atoms with Gasteiger partial charge in [-0.15, -0.1) is 0 Å². The summed E-state index contributed by atoms with van der Waals surface area (Å²) >= 11 is 0. The molecule has 318 valence electrons. The van der Waals surface area contributed by atoms with E-state index in [9.17, 15) is 19.5 Å². The number of aliphatic hydroxyl groups is 1. The highest BCUT2D eigenvalue weighted by molar-refractivity contribution is 6.84. The van der Waals surface area contributed by atoms with Gasteiger partial charge in [0.05, 0.1) is 92.1 Å². The molecule has 9 unspecified atom stereocenters. The summed E-state index contributed by atoms with van der Waals surface area (Å²) in [6.07, 6.45) is 3.52. The molecule has 0 bridgehead atoms. The van der Waals surface area contributed by atoms with Gasteiger partial charge in [-0.25, -0.2) is 0 Å². The summed E-state index contributed by atoms with van der Waals surface area (Å²) in [5.74, 6) is 0. The zero-order valence-electron chi connectivity index (χ0n) is 32.1. The minimum Gasteiger partial charge on any atom is -0.410 e. The number of hydrogen-bond donors (Lipinski definition) is 4. The molecule has 5 fully saturated rings. The van der Waals surface area contributed by atoms with E-state index < -0.39 is 41.2 Å². The highest BCUT2D eigenvalue weighted by Gasteiger charge is 2.59. The molecule has 19 nitrogen and oxygen atoms in total. The highest BCUT2D eigenvalue weighted by atomic mass is 28.5. The van der Waals surface area contributed by atoms with Gasteiger partial charge in [0.2, 0.25) is 0 Å². The van der Waals surface area contributed by atoms with E-state index in [0.717, 1.165) is 19.8 Å². The summed E-state index contributed by atoms with van der Waals surface area (Å²) in [6, 6.07) is -0.194. The molecule has 0 aromatic carbocycles. The van der Waals surface area contributed by atoms with Crippen LogP contribution in [0, 0.1) is 0 Å². The summed E-state index contributed by atoms with van der Waals surface area (Å²) < 4.78 is 83.2. The standard InChI is InChI=1S/C23H48O17Si4.C8H16O2/c1-28-42(26,8-4-31-12-21-16-35-21)39-44(29-2,10-6-33-14-23-18-37-23)40-43(27,9-5-32-13-22-17-36-22)38-41(25,19-24)7-3-30-11-20-15-34-20;1-2-3-4-5-9-6-8-7-10-8/h20-27H,3-19H2,1-2H3;8H,2-7H2,1H3.